The molecule has 0 saturated heterocycles. The van der Waals surface area contributed by atoms with E-state index in [-0.39, 0.29) is 0 Å². The van der Waals surface area contributed by atoms with Crippen LogP contribution in [-0.4, -0.2) is 31.6 Å². The molecule has 1 saturated carbocycles. The van der Waals surface area contributed by atoms with Crippen molar-refractivity contribution in [2.75, 3.05) is 20.6 Å². The van der Waals surface area contributed by atoms with Crippen molar-refractivity contribution in [2.45, 2.75) is 38.3 Å². The molecule has 0 aliphatic heterocycles. The summed E-state index contributed by atoms with van der Waals surface area (Å²) in [5.41, 5.74) is 1.21. The van der Waals surface area contributed by atoms with Gasteiger partial charge in [0.15, 0.2) is 0 Å². The van der Waals surface area contributed by atoms with Crippen LogP contribution in [0.4, 0.5) is 0 Å². The predicted octanol–water partition coefficient (Wildman–Crippen LogP) is 3.72. The van der Waals surface area contributed by atoms with Crippen molar-refractivity contribution < 1.29 is 0 Å². The zero-order valence-electron chi connectivity index (χ0n) is 12.2. The number of nitrogens with one attached hydrogen (secondary N) is 1. The molecule has 2 nitrogen and oxygen atoms in total. The van der Waals surface area contributed by atoms with Crippen molar-refractivity contribution in [3.05, 3.63) is 34.9 Å². The summed E-state index contributed by atoms with van der Waals surface area (Å²) in [4.78, 5) is 2.48. The van der Waals surface area contributed by atoms with E-state index in [1.54, 1.807) is 0 Å². The fraction of sp³-hybridized carbons (Fsp3) is 0.625. The van der Waals surface area contributed by atoms with Crippen LogP contribution in [0.2, 0.25) is 5.02 Å². The van der Waals surface area contributed by atoms with Crippen LogP contribution in [0.5, 0.6) is 0 Å². The Morgan fingerprint density at radius 3 is 2.63 bits per heavy atom. The summed E-state index contributed by atoms with van der Waals surface area (Å²) in [6.07, 6.45) is 3.91. The van der Waals surface area contributed by atoms with Gasteiger partial charge in [-0.1, -0.05) is 29.8 Å². The molecule has 0 bridgehead atoms. The van der Waals surface area contributed by atoms with Crippen LogP contribution < -0.4 is 5.32 Å². The Morgan fingerprint density at radius 2 is 2.05 bits per heavy atom. The standard InChI is InChI=1S/C16H25ClN2/c1-12(13-8-9-13)19(3)11-10-16(18-2)14-6-4-5-7-15(14)17/h4-7,12-13,16,18H,8-11H2,1-3H3. The largest absolute Gasteiger partial charge is 0.313 e. The Kier molecular flexibility index (Phi) is 5.26. The first-order chi connectivity index (χ1) is 9.13. The van der Waals surface area contributed by atoms with Gasteiger partial charge in [-0.05, 0) is 64.4 Å². The lowest BCUT2D eigenvalue weighted by atomic mass is 10.0. The molecule has 0 heterocycles. The van der Waals surface area contributed by atoms with Gasteiger partial charge < -0.3 is 10.2 Å². The first kappa shape index (κ1) is 14.8. The zero-order valence-corrected chi connectivity index (χ0v) is 13.0. The molecule has 2 atom stereocenters. The average Bonchev–Trinajstić information content (AvgIpc) is 3.24. The van der Waals surface area contributed by atoms with Gasteiger partial charge in [-0.15, -0.1) is 0 Å². The van der Waals surface area contributed by atoms with Gasteiger partial charge in [0, 0.05) is 17.1 Å². The molecule has 3 heteroatoms. The summed E-state index contributed by atoms with van der Waals surface area (Å²) in [5, 5.41) is 4.25. The minimum Gasteiger partial charge on any atom is -0.313 e. The lowest BCUT2D eigenvalue weighted by Crippen LogP contribution is -2.33. The van der Waals surface area contributed by atoms with Gasteiger partial charge in [0.2, 0.25) is 0 Å². The van der Waals surface area contributed by atoms with Gasteiger partial charge in [0.05, 0.1) is 0 Å². The molecule has 1 aromatic rings. The van der Waals surface area contributed by atoms with E-state index in [1.807, 2.05) is 19.2 Å². The molecule has 0 amide bonds. The number of benzene rings is 1. The lowest BCUT2D eigenvalue weighted by Gasteiger charge is -2.27. The summed E-state index contributed by atoms with van der Waals surface area (Å²) in [6.45, 7) is 3.45. The Labute approximate surface area is 122 Å². The molecule has 1 N–H and O–H groups in total. The molecular formula is C16H25ClN2. The predicted molar refractivity (Wildman–Crippen MR) is 82.7 cm³/mol. The molecule has 106 valence electrons. The molecule has 1 aromatic carbocycles. The molecule has 1 aliphatic rings. The normalized spacial score (nSPS) is 18.6. The van der Waals surface area contributed by atoms with Crippen LogP contribution >= 0.6 is 11.6 Å². The van der Waals surface area contributed by atoms with Crippen molar-refractivity contribution in [3.8, 4) is 0 Å². The van der Waals surface area contributed by atoms with E-state index >= 15 is 0 Å². The highest BCUT2D eigenvalue weighted by Crippen LogP contribution is 2.35. The van der Waals surface area contributed by atoms with E-state index in [2.05, 4.69) is 36.3 Å². The lowest BCUT2D eigenvalue weighted by molar-refractivity contribution is 0.223. The van der Waals surface area contributed by atoms with Gasteiger partial charge in [-0.25, -0.2) is 0 Å². The fourth-order valence-corrected chi connectivity index (χ4v) is 2.96. The second kappa shape index (κ2) is 6.74. The Bertz CT molecular complexity index is 403. The maximum Gasteiger partial charge on any atom is 0.0453 e. The van der Waals surface area contributed by atoms with Crippen molar-refractivity contribution in [3.63, 3.8) is 0 Å². The van der Waals surface area contributed by atoms with Crippen LogP contribution in [0.3, 0.4) is 0 Å². The molecule has 0 radical (unpaired) electrons. The quantitative estimate of drug-likeness (QED) is 0.819. The SMILES string of the molecule is CNC(CCN(C)C(C)C1CC1)c1ccccc1Cl. The Balaban J connectivity index is 1.90. The monoisotopic (exact) mass is 280 g/mol. The van der Waals surface area contributed by atoms with Crippen molar-refractivity contribution in [1.82, 2.24) is 10.2 Å². The number of nitrogens with zero attached hydrogens (tertiary/aromatic N) is 1. The number of halogens is 1. The third-order valence-electron chi connectivity index (χ3n) is 4.40. The van der Waals surface area contributed by atoms with E-state index < -0.39 is 0 Å². The van der Waals surface area contributed by atoms with Gasteiger partial charge in [0.25, 0.3) is 0 Å². The van der Waals surface area contributed by atoms with Gasteiger partial charge in [-0.3, -0.25) is 0 Å². The van der Waals surface area contributed by atoms with Crippen molar-refractivity contribution in [2.24, 2.45) is 5.92 Å². The minimum absolute atomic E-state index is 0.336. The number of rotatable bonds is 7. The Hall–Kier alpha value is -0.570. The molecule has 1 aliphatic carbocycles. The van der Waals surface area contributed by atoms with Gasteiger partial charge >= 0.3 is 0 Å². The van der Waals surface area contributed by atoms with Crippen LogP contribution in [0.25, 0.3) is 0 Å². The highest BCUT2D eigenvalue weighted by atomic mass is 35.5. The summed E-state index contributed by atoms with van der Waals surface area (Å²) in [6, 6.07) is 9.18. The second-order valence-corrected chi connectivity index (χ2v) is 6.12. The van der Waals surface area contributed by atoms with Crippen molar-refractivity contribution in [1.29, 1.82) is 0 Å². The molecule has 0 spiro atoms. The molecule has 2 rings (SSSR count). The summed E-state index contributed by atoms with van der Waals surface area (Å²) >= 11 is 6.28. The van der Waals surface area contributed by atoms with Crippen LogP contribution in [0.1, 0.15) is 37.8 Å². The molecule has 1 fully saturated rings. The first-order valence-corrected chi connectivity index (χ1v) is 7.63. The van der Waals surface area contributed by atoms with E-state index in [1.165, 1.54) is 18.4 Å². The molecule has 0 aromatic heterocycles. The van der Waals surface area contributed by atoms with Crippen LogP contribution in [-0.2, 0) is 0 Å². The summed E-state index contributed by atoms with van der Waals surface area (Å²) in [5.74, 6) is 0.929. The van der Waals surface area contributed by atoms with E-state index in [0.717, 1.165) is 23.9 Å². The van der Waals surface area contributed by atoms with Crippen molar-refractivity contribution >= 4 is 11.6 Å². The smallest absolute Gasteiger partial charge is 0.0453 e. The number of hydrogen-bond acceptors (Lipinski definition) is 2. The maximum atomic E-state index is 6.28. The van der Waals surface area contributed by atoms with Crippen LogP contribution in [0, 0.1) is 5.92 Å². The van der Waals surface area contributed by atoms with E-state index in [0.29, 0.717) is 12.1 Å². The topological polar surface area (TPSA) is 15.3 Å². The third-order valence-corrected chi connectivity index (χ3v) is 4.74. The highest BCUT2D eigenvalue weighted by Gasteiger charge is 2.30. The van der Waals surface area contributed by atoms with E-state index in [4.69, 9.17) is 11.6 Å². The molecule has 2 unspecified atom stereocenters. The third kappa shape index (κ3) is 3.95. The van der Waals surface area contributed by atoms with E-state index in [9.17, 15) is 0 Å². The summed E-state index contributed by atoms with van der Waals surface area (Å²) < 4.78 is 0. The summed E-state index contributed by atoms with van der Waals surface area (Å²) in [7, 11) is 4.25. The Morgan fingerprint density at radius 1 is 1.37 bits per heavy atom. The maximum absolute atomic E-state index is 6.28. The van der Waals surface area contributed by atoms with Crippen LogP contribution in [0.15, 0.2) is 24.3 Å². The van der Waals surface area contributed by atoms with Gasteiger partial charge in [-0.2, -0.15) is 0 Å². The first-order valence-electron chi connectivity index (χ1n) is 7.25. The zero-order chi connectivity index (χ0) is 13.8. The minimum atomic E-state index is 0.336. The van der Waals surface area contributed by atoms with Gasteiger partial charge in [0.1, 0.15) is 0 Å². The molecule has 19 heavy (non-hydrogen) atoms. The molecular weight excluding hydrogens is 256 g/mol. The average molecular weight is 281 g/mol. The highest BCUT2D eigenvalue weighted by molar-refractivity contribution is 6.31. The second-order valence-electron chi connectivity index (χ2n) is 5.71. The number of hydrogen-bond donors (Lipinski definition) is 1. The fourth-order valence-electron chi connectivity index (χ4n) is 2.69.